The van der Waals surface area contributed by atoms with Crippen LogP contribution >= 0.6 is 21.6 Å². The second-order valence-electron chi connectivity index (χ2n) is 18.0. The fourth-order valence-corrected chi connectivity index (χ4v) is 9.98. The molecule has 80 heavy (non-hydrogen) atoms. The number of benzene rings is 2. The number of nitrogens with zero attached hydrogens (tertiary/aromatic N) is 1. The summed E-state index contributed by atoms with van der Waals surface area (Å²) in [6.07, 6.45) is -6.14. The van der Waals surface area contributed by atoms with Crippen LogP contribution in [0.5, 0.6) is 5.75 Å². The van der Waals surface area contributed by atoms with E-state index in [0.717, 1.165) is 26.5 Å². The first-order valence-electron chi connectivity index (χ1n) is 25.6. The number of nitrogens with two attached hydrogens (primary N) is 5. The molecule has 0 aromatic heterocycles. The van der Waals surface area contributed by atoms with Crippen LogP contribution in [0.1, 0.15) is 65.2 Å². The Kier molecular flexibility index (Phi) is 26.1. The molecule has 2 heterocycles. The summed E-state index contributed by atoms with van der Waals surface area (Å²) in [5.41, 5.74) is 29.1. The summed E-state index contributed by atoms with van der Waals surface area (Å²) in [6, 6.07) is 2.43. The number of aliphatic carboxylic acids is 1. The van der Waals surface area contributed by atoms with Crippen molar-refractivity contribution >= 4 is 92.5 Å². The summed E-state index contributed by atoms with van der Waals surface area (Å²) in [4.78, 5) is 159. The van der Waals surface area contributed by atoms with Crippen molar-refractivity contribution in [3.63, 3.8) is 0 Å². The third-order valence-electron chi connectivity index (χ3n) is 11.8. The number of likely N-dealkylation sites (tertiary alicyclic amines) is 1. The van der Waals surface area contributed by atoms with E-state index < -0.39 is 151 Å². The summed E-state index contributed by atoms with van der Waals surface area (Å²) in [5.74, 6) is -14.3. The topological polar surface area (TPSA) is 463 Å². The number of halogens is 3. The maximum atomic E-state index is 14.6. The summed E-state index contributed by atoms with van der Waals surface area (Å²) >= 11 is 0. The van der Waals surface area contributed by atoms with Gasteiger partial charge in [0.25, 0.3) is 0 Å². The van der Waals surface area contributed by atoms with Gasteiger partial charge in [0.2, 0.25) is 65.0 Å². The van der Waals surface area contributed by atoms with Gasteiger partial charge in [-0.2, -0.15) is 13.2 Å². The van der Waals surface area contributed by atoms with Crippen LogP contribution in [0.15, 0.2) is 54.6 Å². The zero-order valence-corrected chi connectivity index (χ0v) is 44.4. The minimum atomic E-state index is -5.08. The Morgan fingerprint density at radius 2 is 1.27 bits per heavy atom. The Bertz CT molecular complexity index is 2620. The van der Waals surface area contributed by atoms with Crippen molar-refractivity contribution in [2.45, 2.75) is 119 Å². The molecule has 0 saturated carbocycles. The standard InChI is InChI=1S/C46H65N13O12S2.C2HF3O2/c47-17-5-4-9-29(40(65)52-22-38(51)63)54-45(70)35-10-6-18-59(35)46(71)34-24-73-72-23-28(48)39(64)55-31(20-26-11-13-27(60)14-12-26)43(68)56-32(19-25-7-2-1-3-8-25)42(67)53-30(15-16-36(49)61)41(66)57-33(21-37(50)62)44(69)58-34;3-2(4,5)1(6)7/h1-3,7-8,11-14,28-35,60H,4-6,9-10,15-24,47-48H2,(H2,49,61)(H2,50,62)(H2,51,63)(H,52,65)(H,53,67)(H,54,70)(H,55,64)(H,56,68)(H,57,66)(H,58,69);(H,6,7)/t28-,29-,30-,31-,32-,33-,34-,35-;/m0./s1/i22D2;. The maximum Gasteiger partial charge on any atom is 0.490 e. The minimum Gasteiger partial charge on any atom is -0.508 e. The van der Waals surface area contributed by atoms with Crippen LogP contribution < -0.4 is 65.9 Å². The molecule has 32 heteroatoms. The monoisotopic (exact) mass is 1170 g/mol. The van der Waals surface area contributed by atoms with Crippen LogP contribution in [0.25, 0.3) is 0 Å². The molecule has 8 atom stereocenters. The van der Waals surface area contributed by atoms with Crippen molar-refractivity contribution in [1.29, 1.82) is 0 Å². The molecule has 0 bridgehead atoms. The van der Waals surface area contributed by atoms with Gasteiger partial charge in [0.05, 0.1) is 21.7 Å². The van der Waals surface area contributed by atoms with E-state index in [-0.39, 0.29) is 62.4 Å². The molecule has 2 saturated heterocycles. The van der Waals surface area contributed by atoms with Gasteiger partial charge in [-0.3, -0.25) is 52.7 Å². The number of carbonyl (C=O) groups is 12. The zero-order valence-electron chi connectivity index (χ0n) is 44.8. The van der Waals surface area contributed by atoms with Crippen LogP contribution in [0.2, 0.25) is 0 Å². The maximum absolute atomic E-state index is 14.6. The van der Waals surface area contributed by atoms with Crippen molar-refractivity contribution < 1.29 is 83.7 Å². The molecule has 19 N–H and O–H groups in total. The predicted molar refractivity (Wildman–Crippen MR) is 282 cm³/mol. The van der Waals surface area contributed by atoms with Gasteiger partial charge in [-0.05, 0) is 68.3 Å². The van der Waals surface area contributed by atoms with Crippen molar-refractivity contribution in [2.24, 2.45) is 28.7 Å². The zero-order chi connectivity index (χ0) is 61.5. The van der Waals surface area contributed by atoms with Crippen LogP contribution in [-0.2, 0) is 70.4 Å². The number of primary amides is 3. The average molecular weight is 1170 g/mol. The highest BCUT2D eigenvalue weighted by molar-refractivity contribution is 8.76. The van der Waals surface area contributed by atoms with Crippen molar-refractivity contribution in [3.8, 4) is 5.75 Å². The number of hydrogen-bond donors (Lipinski definition) is 14. The van der Waals surface area contributed by atoms with Gasteiger partial charge in [0.1, 0.15) is 48.0 Å². The molecule has 2 aliphatic heterocycles. The third-order valence-corrected chi connectivity index (χ3v) is 14.2. The lowest BCUT2D eigenvalue weighted by Crippen LogP contribution is -2.61. The largest absolute Gasteiger partial charge is 0.508 e. The molecule has 2 aromatic rings. The second-order valence-corrected chi connectivity index (χ2v) is 20.6. The molecule has 27 nitrogen and oxygen atoms in total. The van der Waals surface area contributed by atoms with Gasteiger partial charge in [-0.25, -0.2) is 4.79 Å². The number of amides is 11. The van der Waals surface area contributed by atoms with Gasteiger partial charge in [0.15, 0.2) is 0 Å². The van der Waals surface area contributed by atoms with E-state index >= 15 is 0 Å². The Morgan fingerprint density at radius 3 is 1.84 bits per heavy atom. The highest BCUT2D eigenvalue weighted by Crippen LogP contribution is 2.26. The molecule has 2 aliphatic rings. The number of alkyl halides is 3. The molecule has 0 unspecified atom stereocenters. The van der Waals surface area contributed by atoms with Crippen LogP contribution in [0.4, 0.5) is 13.2 Å². The lowest BCUT2D eigenvalue weighted by atomic mass is 10.0. The van der Waals surface area contributed by atoms with E-state index in [4.69, 9.17) is 41.3 Å². The van der Waals surface area contributed by atoms with E-state index in [0.29, 0.717) is 24.0 Å². The first-order valence-corrected chi connectivity index (χ1v) is 27.1. The summed E-state index contributed by atoms with van der Waals surface area (Å²) in [6.45, 7) is -2.78. The number of phenolic OH excluding ortho intramolecular Hbond substituents is 1. The Hall–Kier alpha value is -7.71. The SMILES string of the molecule is O=C(O)C(F)(F)F.[2H]C([2H])(NC(=O)[C@H](CCCCN)NC(=O)[C@@H]1CCCN1C(=O)[C@@H]1CSSC[C@H](N)C(=O)N[C@@H](Cc2ccc(O)cc2)C(=O)N[C@@H](Cc2ccccc2)C(=O)N[C@@H](CCC(N)=O)C(=O)N[C@@H](CC(N)=O)C(=O)N1)C(N)=O. The molecule has 11 amide bonds. The number of carboxylic acids is 1. The first-order chi connectivity index (χ1) is 38.4. The molecule has 440 valence electrons. The molecular weight excluding hydrogens is 1100 g/mol. The molecule has 0 spiro atoms. The first kappa shape index (κ1) is 63.1. The van der Waals surface area contributed by atoms with Gasteiger partial charge >= 0.3 is 12.1 Å². The molecule has 2 fully saturated rings. The molecule has 2 aromatic carbocycles. The van der Waals surface area contributed by atoms with Gasteiger partial charge in [-0.15, -0.1) is 0 Å². The fourth-order valence-electron chi connectivity index (χ4n) is 7.70. The quantitative estimate of drug-likeness (QED) is 0.0476. The Morgan fingerprint density at radius 1 is 0.738 bits per heavy atom. The Labute approximate surface area is 466 Å². The van der Waals surface area contributed by atoms with Crippen molar-refractivity contribution in [1.82, 2.24) is 42.1 Å². The predicted octanol–water partition coefficient (Wildman–Crippen LogP) is -3.70. The van der Waals surface area contributed by atoms with E-state index in [1.165, 1.54) is 24.3 Å². The number of hydrogen-bond acceptors (Lipinski definition) is 17. The number of unbranched alkanes of at least 4 members (excludes halogenated alkanes) is 1. The van der Waals surface area contributed by atoms with Crippen molar-refractivity contribution in [3.05, 3.63) is 65.7 Å². The van der Waals surface area contributed by atoms with Crippen LogP contribution in [0, 0.1) is 0 Å². The lowest BCUT2D eigenvalue weighted by molar-refractivity contribution is -0.192. The van der Waals surface area contributed by atoms with E-state index in [1.807, 2.05) is 5.32 Å². The fraction of sp³-hybridized carbons (Fsp3) is 0.500. The second kappa shape index (κ2) is 33.0. The number of nitrogens with one attached hydrogen (secondary N) is 7. The Balaban J connectivity index is 0.00000236. The van der Waals surface area contributed by atoms with Gasteiger partial charge in [0, 0.05) is 37.3 Å². The molecule has 0 aliphatic carbocycles. The molecule has 4 rings (SSSR count). The molecular formula is C48H66F3N13O14S2. The highest BCUT2D eigenvalue weighted by atomic mass is 33.1. The summed E-state index contributed by atoms with van der Waals surface area (Å²) < 4.78 is 47.3. The number of aromatic hydroxyl groups is 1. The normalized spacial score (nSPS) is 22.5. The number of carboxylic acid groups (broad SMARTS) is 1. The van der Waals surface area contributed by atoms with E-state index in [1.54, 1.807) is 30.3 Å². The summed E-state index contributed by atoms with van der Waals surface area (Å²) in [5, 5.41) is 34.2. The highest BCUT2D eigenvalue weighted by Gasteiger charge is 2.41. The van der Waals surface area contributed by atoms with Gasteiger partial charge < -0.3 is 81.0 Å². The average Bonchev–Trinajstić information content (AvgIpc) is 4.01. The number of carbonyl (C=O) groups excluding carboxylic acids is 11. The third kappa shape index (κ3) is 23.3. The number of rotatable bonds is 19. The van der Waals surface area contributed by atoms with E-state index in [9.17, 15) is 71.0 Å². The summed E-state index contributed by atoms with van der Waals surface area (Å²) in [7, 11) is 1.96. The van der Waals surface area contributed by atoms with Crippen molar-refractivity contribution in [2.75, 3.05) is 31.1 Å². The lowest BCUT2D eigenvalue weighted by Gasteiger charge is -2.31. The number of phenols is 1. The van der Waals surface area contributed by atoms with Gasteiger partial charge in [-0.1, -0.05) is 64.1 Å². The van der Waals surface area contributed by atoms with Crippen LogP contribution in [0.3, 0.4) is 0 Å². The van der Waals surface area contributed by atoms with E-state index in [2.05, 4.69) is 31.9 Å². The van der Waals surface area contributed by atoms with Crippen LogP contribution in [-0.4, -0.2) is 172 Å². The molecule has 0 radical (unpaired) electrons. The smallest absolute Gasteiger partial charge is 0.490 e. The minimum absolute atomic E-state index is 0.0345.